The molecule has 2 aromatic heterocycles. The summed E-state index contributed by atoms with van der Waals surface area (Å²) in [6.07, 6.45) is 4.03. The van der Waals surface area contributed by atoms with Crippen LogP contribution in [0.15, 0.2) is 28.2 Å². The van der Waals surface area contributed by atoms with Gasteiger partial charge in [0.05, 0.1) is 6.20 Å². The molecule has 2 unspecified atom stereocenters. The first-order chi connectivity index (χ1) is 11.5. The average molecular weight is 349 g/mol. The van der Waals surface area contributed by atoms with Crippen LogP contribution < -0.4 is 4.90 Å². The first kappa shape index (κ1) is 15.5. The van der Waals surface area contributed by atoms with E-state index in [0.717, 1.165) is 30.2 Å². The Labute approximate surface area is 140 Å². The van der Waals surface area contributed by atoms with Crippen molar-refractivity contribution in [2.75, 3.05) is 31.1 Å². The fourth-order valence-electron chi connectivity index (χ4n) is 3.64. The van der Waals surface area contributed by atoms with Crippen LogP contribution in [0, 0.1) is 25.7 Å². The van der Waals surface area contributed by atoms with Gasteiger partial charge in [-0.05, 0) is 25.7 Å². The second-order valence-corrected chi connectivity index (χ2v) is 8.45. The number of rotatable bonds is 3. The third-order valence-electron chi connectivity index (χ3n) is 5.11. The number of hydrogen-bond acceptors (Lipinski definition) is 7. The van der Waals surface area contributed by atoms with Crippen molar-refractivity contribution in [3.05, 3.63) is 30.0 Å². The Morgan fingerprint density at radius 1 is 1.12 bits per heavy atom. The van der Waals surface area contributed by atoms with E-state index in [4.69, 9.17) is 0 Å². The van der Waals surface area contributed by atoms with E-state index in [1.807, 2.05) is 13.8 Å². The fourth-order valence-corrected chi connectivity index (χ4v) is 5.05. The summed E-state index contributed by atoms with van der Waals surface area (Å²) >= 11 is 0. The Bertz CT molecular complexity index is 838. The van der Waals surface area contributed by atoms with Crippen LogP contribution in [0.2, 0.25) is 0 Å². The molecular formula is C15H19N5O3S. The molecule has 24 heavy (non-hydrogen) atoms. The third-order valence-corrected chi connectivity index (χ3v) is 6.88. The lowest BCUT2D eigenvalue weighted by molar-refractivity contribution is 0.415. The van der Waals surface area contributed by atoms with Crippen LogP contribution in [0.3, 0.4) is 0 Å². The molecule has 0 saturated carbocycles. The molecule has 2 aromatic rings. The van der Waals surface area contributed by atoms with E-state index in [0.29, 0.717) is 24.9 Å². The highest BCUT2D eigenvalue weighted by Gasteiger charge is 2.45. The number of aromatic nitrogens is 3. The van der Waals surface area contributed by atoms with Gasteiger partial charge < -0.3 is 9.42 Å². The predicted molar refractivity (Wildman–Crippen MR) is 86.0 cm³/mol. The molecule has 0 spiro atoms. The zero-order chi connectivity index (χ0) is 16.9. The summed E-state index contributed by atoms with van der Waals surface area (Å²) in [6, 6.07) is 0. The topological polar surface area (TPSA) is 92.4 Å². The molecule has 2 fully saturated rings. The molecule has 0 bridgehead atoms. The van der Waals surface area contributed by atoms with Gasteiger partial charge in [-0.15, -0.1) is 0 Å². The molecule has 2 aliphatic rings. The van der Waals surface area contributed by atoms with Crippen LogP contribution in [0.5, 0.6) is 0 Å². The standard InChI is InChI=1S/C15H19N5O3S/c1-10-11(2)16-9-17-15(10)19-4-12-6-20(7-13(12)5-19)24(21,22)14-3-18-23-8-14/h3,8-9,12-13H,4-7H2,1-2H3. The first-order valence-electron chi connectivity index (χ1n) is 7.89. The van der Waals surface area contributed by atoms with Crippen LogP contribution in [-0.4, -0.2) is 54.0 Å². The van der Waals surface area contributed by atoms with Gasteiger partial charge >= 0.3 is 0 Å². The van der Waals surface area contributed by atoms with Gasteiger partial charge in [-0.2, -0.15) is 4.31 Å². The molecule has 0 radical (unpaired) electrons. The second-order valence-electron chi connectivity index (χ2n) is 6.51. The predicted octanol–water partition coefficient (Wildman–Crippen LogP) is 0.838. The number of sulfonamides is 1. The molecule has 0 aromatic carbocycles. The molecule has 2 atom stereocenters. The molecule has 0 aliphatic carbocycles. The van der Waals surface area contributed by atoms with Crippen LogP contribution in [0.25, 0.3) is 0 Å². The Hall–Kier alpha value is -2.00. The van der Waals surface area contributed by atoms with Gasteiger partial charge in [0.15, 0.2) is 0 Å². The van der Waals surface area contributed by atoms with Crippen molar-refractivity contribution in [3.8, 4) is 0 Å². The number of nitrogens with zero attached hydrogens (tertiary/aromatic N) is 5. The van der Waals surface area contributed by atoms with Crippen LogP contribution in [-0.2, 0) is 10.0 Å². The summed E-state index contributed by atoms with van der Waals surface area (Å²) in [5, 5.41) is 3.50. The minimum Gasteiger partial charge on any atom is -0.363 e. The molecule has 0 N–H and O–H groups in total. The normalized spacial score (nSPS) is 24.5. The van der Waals surface area contributed by atoms with Crippen molar-refractivity contribution in [2.45, 2.75) is 18.7 Å². The summed E-state index contributed by atoms with van der Waals surface area (Å²) in [5.41, 5.74) is 2.07. The van der Waals surface area contributed by atoms with Crippen molar-refractivity contribution >= 4 is 15.8 Å². The Morgan fingerprint density at radius 2 is 1.83 bits per heavy atom. The van der Waals surface area contributed by atoms with E-state index < -0.39 is 10.0 Å². The van der Waals surface area contributed by atoms with Gasteiger partial charge in [0.2, 0.25) is 10.0 Å². The van der Waals surface area contributed by atoms with E-state index in [2.05, 4.69) is 24.5 Å². The zero-order valence-corrected chi connectivity index (χ0v) is 14.4. The van der Waals surface area contributed by atoms with Crippen LogP contribution in [0.4, 0.5) is 5.82 Å². The van der Waals surface area contributed by atoms with Gasteiger partial charge in [0.25, 0.3) is 0 Å². The molecule has 0 amide bonds. The minimum atomic E-state index is -3.50. The summed E-state index contributed by atoms with van der Waals surface area (Å²) < 4.78 is 31.4. The first-order valence-corrected chi connectivity index (χ1v) is 9.33. The summed E-state index contributed by atoms with van der Waals surface area (Å²) in [7, 11) is -3.50. The van der Waals surface area contributed by atoms with Gasteiger partial charge in [-0.3, -0.25) is 0 Å². The lowest BCUT2D eigenvalue weighted by Crippen LogP contribution is -2.33. The van der Waals surface area contributed by atoms with Crippen molar-refractivity contribution < 1.29 is 12.9 Å². The molecule has 4 rings (SSSR count). The maximum Gasteiger partial charge on any atom is 0.247 e. The molecule has 2 aliphatic heterocycles. The maximum absolute atomic E-state index is 12.6. The van der Waals surface area contributed by atoms with Gasteiger partial charge in [-0.1, -0.05) is 5.16 Å². The highest BCUT2D eigenvalue weighted by molar-refractivity contribution is 7.89. The number of anilines is 1. The Balaban J connectivity index is 1.50. The van der Waals surface area contributed by atoms with Crippen molar-refractivity contribution in [2.24, 2.45) is 11.8 Å². The van der Waals surface area contributed by atoms with E-state index >= 15 is 0 Å². The second kappa shape index (κ2) is 5.52. The van der Waals surface area contributed by atoms with Gasteiger partial charge in [0.1, 0.15) is 23.3 Å². The summed E-state index contributed by atoms with van der Waals surface area (Å²) in [6.45, 7) is 6.69. The van der Waals surface area contributed by atoms with Crippen LogP contribution in [0.1, 0.15) is 11.3 Å². The lowest BCUT2D eigenvalue weighted by Gasteiger charge is -2.23. The molecule has 9 heteroatoms. The zero-order valence-electron chi connectivity index (χ0n) is 13.6. The third kappa shape index (κ3) is 2.39. The van der Waals surface area contributed by atoms with Crippen LogP contribution >= 0.6 is 0 Å². The molecule has 2 saturated heterocycles. The summed E-state index contributed by atoms with van der Waals surface area (Å²) in [5.74, 6) is 1.59. The molecular weight excluding hydrogens is 330 g/mol. The van der Waals surface area contributed by atoms with Crippen molar-refractivity contribution in [3.63, 3.8) is 0 Å². The average Bonchev–Trinajstić information content (AvgIpc) is 3.25. The Morgan fingerprint density at radius 3 is 2.46 bits per heavy atom. The fraction of sp³-hybridized carbons (Fsp3) is 0.533. The van der Waals surface area contributed by atoms with E-state index in [1.54, 1.807) is 10.6 Å². The molecule has 128 valence electrons. The minimum absolute atomic E-state index is 0.126. The number of aryl methyl sites for hydroxylation is 1. The van der Waals surface area contributed by atoms with E-state index in [1.165, 1.54) is 12.5 Å². The van der Waals surface area contributed by atoms with E-state index in [9.17, 15) is 8.42 Å². The lowest BCUT2D eigenvalue weighted by atomic mass is 10.0. The van der Waals surface area contributed by atoms with Crippen molar-refractivity contribution in [1.29, 1.82) is 0 Å². The highest BCUT2D eigenvalue weighted by Crippen LogP contribution is 2.36. The van der Waals surface area contributed by atoms with Gasteiger partial charge in [-0.25, -0.2) is 18.4 Å². The van der Waals surface area contributed by atoms with Crippen molar-refractivity contribution in [1.82, 2.24) is 19.4 Å². The SMILES string of the molecule is Cc1ncnc(N2CC3CN(S(=O)(=O)c4cnoc4)CC3C2)c1C. The Kier molecular flexibility index (Phi) is 3.57. The number of fused-ring (bicyclic) bond motifs is 1. The van der Waals surface area contributed by atoms with E-state index in [-0.39, 0.29) is 4.90 Å². The molecule has 8 nitrogen and oxygen atoms in total. The monoisotopic (exact) mass is 349 g/mol. The summed E-state index contributed by atoms with van der Waals surface area (Å²) in [4.78, 5) is 11.0. The number of hydrogen-bond donors (Lipinski definition) is 0. The largest absolute Gasteiger partial charge is 0.363 e. The highest BCUT2D eigenvalue weighted by atomic mass is 32.2. The molecule has 4 heterocycles. The quantitative estimate of drug-likeness (QED) is 0.810. The maximum atomic E-state index is 12.6. The van der Waals surface area contributed by atoms with Gasteiger partial charge in [0, 0.05) is 37.4 Å². The smallest absolute Gasteiger partial charge is 0.247 e.